The molecule has 4 aliphatic heterocycles. The van der Waals surface area contributed by atoms with Gasteiger partial charge in [-0.05, 0) is 80.1 Å². The summed E-state index contributed by atoms with van der Waals surface area (Å²) in [6.07, 6.45) is -0.0612. The van der Waals surface area contributed by atoms with Crippen LogP contribution in [0.15, 0.2) is 77.3 Å². The van der Waals surface area contributed by atoms with Crippen molar-refractivity contribution in [1.29, 1.82) is 0 Å². The normalized spacial score (nSPS) is 24.0. The van der Waals surface area contributed by atoms with E-state index >= 15 is 0 Å². The average Bonchev–Trinajstić information content (AvgIpc) is 3.99. The zero-order chi connectivity index (χ0) is 37.2. The number of benzene rings is 3. The lowest BCUT2D eigenvalue weighted by Crippen LogP contribution is -2.51. The van der Waals surface area contributed by atoms with Gasteiger partial charge in [-0.1, -0.05) is 55.4 Å². The summed E-state index contributed by atoms with van der Waals surface area (Å²) in [5.74, 6) is 3.52. The Balaban J connectivity index is 0.996. The molecule has 3 aromatic carbocycles. The van der Waals surface area contributed by atoms with Crippen LogP contribution in [0.1, 0.15) is 51.1 Å². The Morgan fingerprint density at radius 2 is 1.80 bits per heavy atom. The maximum Gasteiger partial charge on any atom is 0.412 e. The van der Waals surface area contributed by atoms with Crippen molar-refractivity contribution in [3.63, 3.8) is 0 Å². The minimum absolute atomic E-state index is 0.0305. The van der Waals surface area contributed by atoms with Crippen LogP contribution in [0.2, 0.25) is 0 Å². The Kier molecular flexibility index (Phi) is 10.5. The Hall–Kier alpha value is -4.69. The maximum atomic E-state index is 14.2. The SMILES string of the molecule is CC(C)CN(Cc1ccc2c(c1)OCO2)CC1OC(C)(C)N(C(=O)OC2COC3OCCC23)C1Cc1ccc(OCc2noc(-c3ccccc3)n2)cc1. The summed E-state index contributed by atoms with van der Waals surface area (Å²) in [5, 5.41) is 4.07. The average molecular weight is 741 g/mol. The topological polar surface area (TPSA) is 127 Å². The lowest BCUT2D eigenvalue weighted by Gasteiger charge is -2.34. The van der Waals surface area contributed by atoms with Gasteiger partial charge in [-0.15, -0.1) is 0 Å². The van der Waals surface area contributed by atoms with Gasteiger partial charge in [0.2, 0.25) is 12.6 Å². The lowest BCUT2D eigenvalue weighted by molar-refractivity contribution is -0.0912. The Morgan fingerprint density at radius 3 is 2.61 bits per heavy atom. The van der Waals surface area contributed by atoms with Gasteiger partial charge in [-0.2, -0.15) is 4.98 Å². The quantitative estimate of drug-likeness (QED) is 0.150. The third-order valence-corrected chi connectivity index (χ3v) is 10.3. The molecule has 13 heteroatoms. The molecule has 13 nitrogen and oxygen atoms in total. The summed E-state index contributed by atoms with van der Waals surface area (Å²) >= 11 is 0. The zero-order valence-electron chi connectivity index (χ0n) is 31.2. The summed E-state index contributed by atoms with van der Waals surface area (Å²) in [6, 6.07) is 23.3. The van der Waals surface area contributed by atoms with Crippen LogP contribution in [0.5, 0.6) is 17.2 Å². The van der Waals surface area contributed by atoms with Crippen molar-refractivity contribution in [2.75, 3.05) is 33.1 Å². The highest BCUT2D eigenvalue weighted by Gasteiger charge is 2.52. The number of carbonyl (C=O) groups excluding carboxylic acids is 1. The van der Waals surface area contributed by atoms with E-state index in [0.29, 0.717) is 56.1 Å². The van der Waals surface area contributed by atoms with E-state index in [4.69, 9.17) is 37.7 Å². The van der Waals surface area contributed by atoms with Gasteiger partial charge in [0.05, 0.1) is 31.3 Å². The first kappa shape index (κ1) is 36.3. The van der Waals surface area contributed by atoms with E-state index in [9.17, 15) is 4.79 Å². The molecule has 0 radical (unpaired) electrons. The van der Waals surface area contributed by atoms with Crippen LogP contribution in [-0.2, 0) is 38.5 Å². The fraction of sp³-hybridized carbons (Fsp3) is 0.488. The van der Waals surface area contributed by atoms with Gasteiger partial charge >= 0.3 is 6.09 Å². The number of carbonyl (C=O) groups is 1. The minimum atomic E-state index is -0.925. The van der Waals surface area contributed by atoms with Gasteiger partial charge in [0, 0.05) is 25.2 Å². The maximum absolute atomic E-state index is 14.2. The number of hydrogen-bond acceptors (Lipinski definition) is 12. The van der Waals surface area contributed by atoms with Crippen molar-refractivity contribution in [3.05, 3.63) is 89.7 Å². The van der Waals surface area contributed by atoms with Gasteiger partial charge < -0.3 is 37.7 Å². The molecule has 3 saturated heterocycles. The summed E-state index contributed by atoms with van der Waals surface area (Å²) in [5.41, 5.74) is 2.07. The molecular formula is C41H48N4O9. The van der Waals surface area contributed by atoms with E-state index in [1.165, 1.54) is 0 Å². The first-order chi connectivity index (χ1) is 26.2. The molecule has 4 aliphatic rings. The second-order valence-electron chi connectivity index (χ2n) is 15.3. The third kappa shape index (κ3) is 8.04. The number of hydrogen-bond donors (Lipinski definition) is 0. The highest BCUT2D eigenvalue weighted by molar-refractivity contribution is 5.70. The van der Waals surface area contributed by atoms with Crippen molar-refractivity contribution in [1.82, 2.24) is 19.9 Å². The molecule has 4 aromatic rings. The van der Waals surface area contributed by atoms with Crippen LogP contribution in [0, 0.1) is 11.8 Å². The van der Waals surface area contributed by atoms with Crippen molar-refractivity contribution < 1.29 is 42.5 Å². The molecular weight excluding hydrogens is 692 g/mol. The molecule has 0 N–H and O–H groups in total. The van der Waals surface area contributed by atoms with Crippen molar-refractivity contribution in [2.45, 2.75) is 84.0 Å². The largest absolute Gasteiger partial charge is 0.485 e. The van der Waals surface area contributed by atoms with Gasteiger partial charge in [0.25, 0.3) is 5.89 Å². The molecule has 5 atom stereocenters. The number of aromatic nitrogens is 2. The highest BCUT2D eigenvalue weighted by Crippen LogP contribution is 2.39. The molecule has 5 heterocycles. The molecule has 0 saturated carbocycles. The molecule has 5 unspecified atom stereocenters. The van der Waals surface area contributed by atoms with Crippen molar-refractivity contribution >= 4 is 6.09 Å². The Morgan fingerprint density at radius 1 is 1.00 bits per heavy atom. The van der Waals surface area contributed by atoms with Crippen LogP contribution >= 0.6 is 0 Å². The van der Waals surface area contributed by atoms with Crippen LogP contribution in [-0.4, -0.2) is 89.4 Å². The van der Waals surface area contributed by atoms with E-state index in [1.54, 1.807) is 4.90 Å². The molecule has 8 rings (SSSR count). The number of rotatable bonds is 13. The van der Waals surface area contributed by atoms with Crippen LogP contribution in [0.4, 0.5) is 4.79 Å². The number of fused-ring (bicyclic) bond motifs is 2. The van der Waals surface area contributed by atoms with Crippen LogP contribution in [0.3, 0.4) is 0 Å². The molecule has 54 heavy (non-hydrogen) atoms. The second-order valence-corrected chi connectivity index (χ2v) is 15.3. The number of ether oxygens (including phenoxy) is 7. The van der Waals surface area contributed by atoms with Gasteiger partial charge in [-0.25, -0.2) is 4.79 Å². The Labute approximate surface area is 315 Å². The predicted molar refractivity (Wildman–Crippen MR) is 196 cm³/mol. The molecule has 1 aromatic heterocycles. The standard InChI is InChI=1S/C41H48N4O9/c1-26(2)20-44(21-28-12-15-33-34(19-28)51-25-50-33)22-35-32(45(41(3,4)53-35)40(46)52-36-23-49-39-31(36)16-17-47-39)18-27-10-13-30(14-11-27)48-24-37-42-38(54-43-37)29-8-6-5-7-9-29/h5-15,19,26,31-32,35-36,39H,16-18,20-25H2,1-4H3. The van der Waals surface area contributed by atoms with Crippen molar-refractivity contribution in [3.8, 4) is 28.7 Å². The van der Waals surface area contributed by atoms with Crippen LogP contribution in [0.25, 0.3) is 11.5 Å². The molecule has 286 valence electrons. The zero-order valence-corrected chi connectivity index (χ0v) is 31.2. The molecule has 0 spiro atoms. The van der Waals surface area contributed by atoms with E-state index in [0.717, 1.165) is 41.2 Å². The monoisotopic (exact) mass is 740 g/mol. The molecule has 0 bridgehead atoms. The third-order valence-electron chi connectivity index (χ3n) is 10.3. The molecule has 0 aliphatic carbocycles. The first-order valence-electron chi connectivity index (χ1n) is 18.8. The van der Waals surface area contributed by atoms with E-state index in [1.807, 2.05) is 80.6 Å². The number of nitrogens with zero attached hydrogens (tertiary/aromatic N) is 4. The summed E-state index contributed by atoms with van der Waals surface area (Å²) in [4.78, 5) is 22.9. The summed E-state index contributed by atoms with van der Waals surface area (Å²) in [6.45, 7) is 11.8. The van der Waals surface area contributed by atoms with Gasteiger partial charge in [0.15, 0.2) is 24.4 Å². The number of amides is 1. The summed E-state index contributed by atoms with van der Waals surface area (Å²) in [7, 11) is 0. The second kappa shape index (κ2) is 15.6. The Bertz CT molecular complexity index is 1880. The van der Waals surface area contributed by atoms with E-state index < -0.39 is 11.8 Å². The van der Waals surface area contributed by atoms with E-state index in [2.05, 4.69) is 35.0 Å². The minimum Gasteiger partial charge on any atom is -0.485 e. The van der Waals surface area contributed by atoms with Gasteiger partial charge in [-0.3, -0.25) is 9.80 Å². The van der Waals surface area contributed by atoms with Gasteiger partial charge in [0.1, 0.15) is 17.6 Å². The fourth-order valence-corrected chi connectivity index (χ4v) is 7.94. The highest BCUT2D eigenvalue weighted by atomic mass is 16.7. The first-order valence-corrected chi connectivity index (χ1v) is 18.8. The van der Waals surface area contributed by atoms with Crippen LogP contribution < -0.4 is 14.2 Å². The molecule has 3 fully saturated rings. The predicted octanol–water partition coefficient (Wildman–Crippen LogP) is 6.45. The smallest absolute Gasteiger partial charge is 0.412 e. The fourth-order valence-electron chi connectivity index (χ4n) is 7.94. The molecule has 1 amide bonds. The van der Waals surface area contributed by atoms with E-state index in [-0.39, 0.29) is 43.9 Å². The van der Waals surface area contributed by atoms with Crippen molar-refractivity contribution in [2.24, 2.45) is 11.8 Å². The summed E-state index contributed by atoms with van der Waals surface area (Å²) < 4.78 is 47.2. The lowest BCUT2D eigenvalue weighted by atomic mass is 9.99.